The first-order chi connectivity index (χ1) is 8.17. The van der Waals surface area contributed by atoms with E-state index in [0.717, 1.165) is 13.1 Å². The minimum Gasteiger partial charge on any atom is -0.330 e. The zero-order chi connectivity index (χ0) is 12.3. The molecular weight excluding hydrogens is 221 g/mol. The van der Waals surface area contributed by atoms with Crippen molar-refractivity contribution in [3.05, 3.63) is 30.1 Å². The van der Waals surface area contributed by atoms with E-state index in [2.05, 4.69) is 5.32 Å². The number of carbonyl (C=O) groups excluding carboxylic acids is 1. The lowest BCUT2D eigenvalue weighted by Crippen LogP contribution is -2.52. The summed E-state index contributed by atoms with van der Waals surface area (Å²) in [7, 11) is 0. The number of rotatable bonds is 4. The summed E-state index contributed by atoms with van der Waals surface area (Å²) in [6.45, 7) is 2.75. The third kappa shape index (κ3) is 3.25. The average molecular weight is 237 g/mol. The topological polar surface area (TPSA) is 58.4 Å². The van der Waals surface area contributed by atoms with Gasteiger partial charge in [0.15, 0.2) is 0 Å². The van der Waals surface area contributed by atoms with Gasteiger partial charge in [-0.25, -0.2) is 4.39 Å². The highest BCUT2D eigenvalue weighted by molar-refractivity contribution is 5.92. The fourth-order valence-corrected chi connectivity index (χ4v) is 1.92. The molecule has 5 heteroatoms. The largest absolute Gasteiger partial charge is 0.330 e. The van der Waals surface area contributed by atoms with Crippen LogP contribution in [0.5, 0.6) is 0 Å². The number of benzene rings is 1. The van der Waals surface area contributed by atoms with E-state index in [9.17, 15) is 9.18 Å². The summed E-state index contributed by atoms with van der Waals surface area (Å²) in [4.78, 5) is 13.6. The van der Waals surface area contributed by atoms with Gasteiger partial charge in [-0.3, -0.25) is 9.69 Å². The second-order valence-electron chi connectivity index (χ2n) is 4.35. The lowest BCUT2D eigenvalue weighted by molar-refractivity contribution is -0.118. The van der Waals surface area contributed by atoms with Crippen LogP contribution < -0.4 is 11.1 Å². The highest BCUT2D eigenvalue weighted by Crippen LogP contribution is 2.14. The zero-order valence-corrected chi connectivity index (χ0v) is 9.53. The van der Waals surface area contributed by atoms with Crippen LogP contribution in [0.15, 0.2) is 24.3 Å². The number of nitrogens with zero attached hydrogens (tertiary/aromatic N) is 1. The van der Waals surface area contributed by atoms with Crippen molar-refractivity contribution in [2.75, 3.05) is 31.5 Å². The average Bonchev–Trinajstić information content (AvgIpc) is 2.22. The molecule has 1 aromatic carbocycles. The molecule has 0 saturated carbocycles. The van der Waals surface area contributed by atoms with E-state index in [1.54, 1.807) is 12.1 Å². The predicted molar refractivity (Wildman–Crippen MR) is 64.0 cm³/mol. The van der Waals surface area contributed by atoms with Gasteiger partial charge in [0.2, 0.25) is 5.91 Å². The molecule has 1 amide bonds. The summed E-state index contributed by atoms with van der Waals surface area (Å²) in [5.41, 5.74) is 5.99. The Morgan fingerprint density at radius 1 is 1.53 bits per heavy atom. The summed E-state index contributed by atoms with van der Waals surface area (Å²) < 4.78 is 12.9. The van der Waals surface area contributed by atoms with Gasteiger partial charge in [0.25, 0.3) is 0 Å². The summed E-state index contributed by atoms with van der Waals surface area (Å²) in [5, 5.41) is 2.66. The van der Waals surface area contributed by atoms with E-state index < -0.39 is 0 Å². The maximum Gasteiger partial charge on any atom is 0.238 e. The van der Waals surface area contributed by atoms with Crippen molar-refractivity contribution in [2.24, 2.45) is 11.7 Å². The first-order valence-electron chi connectivity index (χ1n) is 5.65. The van der Waals surface area contributed by atoms with E-state index in [1.807, 2.05) is 4.90 Å². The van der Waals surface area contributed by atoms with E-state index >= 15 is 0 Å². The molecule has 0 aromatic heterocycles. The van der Waals surface area contributed by atoms with Gasteiger partial charge in [0.1, 0.15) is 5.82 Å². The SMILES string of the molecule is NCC1CN(CC(=O)Nc2cccc(F)c2)C1. The van der Waals surface area contributed by atoms with Crippen molar-refractivity contribution in [2.45, 2.75) is 0 Å². The van der Waals surface area contributed by atoms with Crippen molar-refractivity contribution in [3.8, 4) is 0 Å². The molecule has 1 aromatic rings. The molecule has 0 unspecified atom stereocenters. The molecule has 3 N–H and O–H groups in total. The Labute approximate surface area is 99.6 Å². The number of nitrogens with one attached hydrogen (secondary N) is 1. The second kappa shape index (κ2) is 5.25. The van der Waals surface area contributed by atoms with Gasteiger partial charge >= 0.3 is 0 Å². The standard InChI is InChI=1S/C12H16FN3O/c13-10-2-1-3-11(4-10)15-12(17)8-16-6-9(5-14)7-16/h1-4,9H,5-8,14H2,(H,15,17). The quantitative estimate of drug-likeness (QED) is 0.808. The predicted octanol–water partition coefficient (Wildman–Crippen LogP) is 0.655. The molecule has 0 aliphatic carbocycles. The van der Waals surface area contributed by atoms with Gasteiger partial charge in [0.05, 0.1) is 6.54 Å². The molecule has 0 atom stereocenters. The van der Waals surface area contributed by atoms with Crippen molar-refractivity contribution >= 4 is 11.6 Å². The first-order valence-corrected chi connectivity index (χ1v) is 5.65. The molecule has 0 radical (unpaired) electrons. The van der Waals surface area contributed by atoms with Crippen LogP contribution in [0.3, 0.4) is 0 Å². The Morgan fingerprint density at radius 3 is 2.94 bits per heavy atom. The molecule has 2 rings (SSSR count). The Kier molecular flexibility index (Phi) is 3.71. The summed E-state index contributed by atoms with van der Waals surface area (Å²) in [5.74, 6) is 0.0398. The van der Waals surface area contributed by atoms with Crippen LogP contribution in [0, 0.1) is 11.7 Å². The maximum absolute atomic E-state index is 12.9. The fraction of sp³-hybridized carbons (Fsp3) is 0.417. The van der Waals surface area contributed by atoms with Gasteiger partial charge in [-0.05, 0) is 30.7 Å². The van der Waals surface area contributed by atoms with Gasteiger partial charge in [-0.2, -0.15) is 0 Å². The van der Waals surface area contributed by atoms with Gasteiger partial charge in [-0.1, -0.05) is 6.07 Å². The third-order valence-corrected chi connectivity index (χ3v) is 2.84. The molecule has 0 spiro atoms. The Balaban J connectivity index is 1.78. The monoisotopic (exact) mass is 237 g/mol. The highest BCUT2D eigenvalue weighted by atomic mass is 19.1. The van der Waals surface area contributed by atoms with E-state index in [1.165, 1.54) is 12.1 Å². The lowest BCUT2D eigenvalue weighted by Gasteiger charge is -2.37. The van der Waals surface area contributed by atoms with Crippen LogP contribution >= 0.6 is 0 Å². The van der Waals surface area contributed by atoms with Crippen LogP contribution in [0.1, 0.15) is 0 Å². The number of amides is 1. The molecule has 0 bridgehead atoms. The number of halogens is 1. The smallest absolute Gasteiger partial charge is 0.238 e. The van der Waals surface area contributed by atoms with E-state index in [4.69, 9.17) is 5.73 Å². The van der Waals surface area contributed by atoms with Crippen molar-refractivity contribution in [1.82, 2.24) is 4.90 Å². The number of likely N-dealkylation sites (tertiary alicyclic amines) is 1. The zero-order valence-electron chi connectivity index (χ0n) is 9.53. The molecule has 1 aliphatic heterocycles. The van der Waals surface area contributed by atoms with E-state index in [-0.39, 0.29) is 11.7 Å². The summed E-state index contributed by atoms with van der Waals surface area (Å²) >= 11 is 0. The maximum atomic E-state index is 12.9. The Hall–Kier alpha value is -1.46. The second-order valence-corrected chi connectivity index (χ2v) is 4.35. The molecule has 1 saturated heterocycles. The van der Waals surface area contributed by atoms with Crippen molar-refractivity contribution < 1.29 is 9.18 Å². The fourth-order valence-electron chi connectivity index (χ4n) is 1.92. The van der Waals surface area contributed by atoms with Crippen molar-refractivity contribution in [1.29, 1.82) is 0 Å². The van der Waals surface area contributed by atoms with E-state index in [0.29, 0.717) is 24.7 Å². The number of hydrogen-bond acceptors (Lipinski definition) is 3. The van der Waals surface area contributed by atoms with Crippen LogP contribution in [0.4, 0.5) is 10.1 Å². The van der Waals surface area contributed by atoms with Gasteiger partial charge < -0.3 is 11.1 Å². The van der Waals surface area contributed by atoms with Crippen LogP contribution in [-0.2, 0) is 4.79 Å². The number of nitrogens with two attached hydrogens (primary N) is 1. The summed E-state index contributed by atoms with van der Waals surface area (Å²) in [6, 6.07) is 5.88. The number of hydrogen-bond donors (Lipinski definition) is 2. The number of carbonyl (C=O) groups is 1. The molecule has 92 valence electrons. The molecular formula is C12H16FN3O. The summed E-state index contributed by atoms with van der Waals surface area (Å²) in [6.07, 6.45) is 0. The highest BCUT2D eigenvalue weighted by Gasteiger charge is 2.26. The normalized spacial score (nSPS) is 16.6. The number of anilines is 1. The third-order valence-electron chi connectivity index (χ3n) is 2.84. The van der Waals surface area contributed by atoms with Crippen LogP contribution in [0.25, 0.3) is 0 Å². The molecule has 1 heterocycles. The Bertz CT molecular complexity index is 404. The first kappa shape index (κ1) is 12.0. The van der Waals surface area contributed by atoms with Gasteiger partial charge in [-0.15, -0.1) is 0 Å². The Morgan fingerprint density at radius 2 is 2.29 bits per heavy atom. The van der Waals surface area contributed by atoms with Crippen LogP contribution in [0.2, 0.25) is 0 Å². The molecule has 4 nitrogen and oxygen atoms in total. The molecule has 17 heavy (non-hydrogen) atoms. The van der Waals surface area contributed by atoms with Crippen LogP contribution in [-0.4, -0.2) is 37.0 Å². The minimum atomic E-state index is -0.352. The molecule has 1 fully saturated rings. The molecule has 1 aliphatic rings. The van der Waals surface area contributed by atoms with Crippen molar-refractivity contribution in [3.63, 3.8) is 0 Å². The lowest BCUT2D eigenvalue weighted by atomic mass is 10.0. The minimum absolute atomic E-state index is 0.119. The van der Waals surface area contributed by atoms with Gasteiger partial charge in [0, 0.05) is 18.8 Å².